The highest BCUT2D eigenvalue weighted by molar-refractivity contribution is 14.0. The molecule has 0 atom stereocenters. The zero-order valence-corrected chi connectivity index (χ0v) is 14.9. The van der Waals surface area contributed by atoms with E-state index in [-0.39, 0.29) is 24.0 Å². The zero-order valence-electron chi connectivity index (χ0n) is 12.6. The van der Waals surface area contributed by atoms with E-state index < -0.39 is 0 Å². The van der Waals surface area contributed by atoms with Gasteiger partial charge in [0.1, 0.15) is 0 Å². The van der Waals surface area contributed by atoms with Crippen molar-refractivity contribution in [3.8, 4) is 0 Å². The lowest BCUT2D eigenvalue weighted by Gasteiger charge is -2.10. The average molecular weight is 395 g/mol. The van der Waals surface area contributed by atoms with Gasteiger partial charge in [-0.15, -0.1) is 24.0 Å². The van der Waals surface area contributed by atoms with Gasteiger partial charge in [0.15, 0.2) is 11.8 Å². The zero-order chi connectivity index (χ0) is 13.9. The molecule has 1 rings (SSSR count). The molecule has 1 heterocycles. The Balaban J connectivity index is 0.00000361. The van der Waals surface area contributed by atoms with E-state index in [0.29, 0.717) is 18.1 Å². The molecule has 0 amide bonds. The van der Waals surface area contributed by atoms with Crippen LogP contribution in [0.15, 0.2) is 9.52 Å². The van der Waals surface area contributed by atoms with Gasteiger partial charge in [-0.05, 0) is 20.3 Å². The van der Waals surface area contributed by atoms with E-state index >= 15 is 0 Å². The third-order valence-electron chi connectivity index (χ3n) is 2.58. The molecule has 0 fully saturated rings. The van der Waals surface area contributed by atoms with Crippen LogP contribution in [0.1, 0.15) is 44.8 Å². The highest BCUT2D eigenvalue weighted by atomic mass is 127. The first-order chi connectivity index (χ1) is 9.26. The Morgan fingerprint density at radius 1 is 1.25 bits per heavy atom. The van der Waals surface area contributed by atoms with Crippen LogP contribution in [0.25, 0.3) is 0 Å². The monoisotopic (exact) mass is 395 g/mol. The van der Waals surface area contributed by atoms with Gasteiger partial charge in [0.2, 0.25) is 5.89 Å². The molecule has 0 unspecified atom stereocenters. The van der Waals surface area contributed by atoms with Crippen LogP contribution in [0.3, 0.4) is 0 Å². The first-order valence-corrected chi connectivity index (χ1v) is 7.07. The van der Waals surface area contributed by atoms with Crippen LogP contribution >= 0.6 is 24.0 Å². The van der Waals surface area contributed by atoms with Gasteiger partial charge in [-0.1, -0.05) is 24.9 Å². The van der Waals surface area contributed by atoms with Crippen molar-refractivity contribution >= 4 is 29.9 Å². The summed E-state index contributed by atoms with van der Waals surface area (Å²) < 4.78 is 5.06. The van der Waals surface area contributed by atoms with Gasteiger partial charge < -0.3 is 15.2 Å². The van der Waals surface area contributed by atoms with E-state index in [9.17, 15) is 0 Å². The number of guanidine groups is 1. The SMILES string of the molecule is CCCCCN=C(NCC)NCCc1nc(C)no1.I. The summed E-state index contributed by atoms with van der Waals surface area (Å²) in [5, 5.41) is 10.3. The van der Waals surface area contributed by atoms with E-state index in [1.54, 1.807) is 0 Å². The maximum Gasteiger partial charge on any atom is 0.228 e. The van der Waals surface area contributed by atoms with Crippen LogP contribution in [0.4, 0.5) is 0 Å². The van der Waals surface area contributed by atoms with Crippen molar-refractivity contribution in [1.82, 2.24) is 20.8 Å². The maximum absolute atomic E-state index is 5.06. The lowest BCUT2D eigenvalue weighted by Crippen LogP contribution is -2.38. The average Bonchev–Trinajstić information content (AvgIpc) is 2.80. The summed E-state index contributed by atoms with van der Waals surface area (Å²) in [6, 6.07) is 0. The quantitative estimate of drug-likeness (QED) is 0.306. The molecular weight excluding hydrogens is 369 g/mol. The lowest BCUT2D eigenvalue weighted by atomic mass is 10.2. The topological polar surface area (TPSA) is 75.3 Å². The Morgan fingerprint density at radius 2 is 2.05 bits per heavy atom. The lowest BCUT2D eigenvalue weighted by molar-refractivity contribution is 0.374. The fourth-order valence-corrected chi connectivity index (χ4v) is 1.62. The van der Waals surface area contributed by atoms with Crippen LogP contribution in [0.5, 0.6) is 0 Å². The minimum atomic E-state index is 0. The Morgan fingerprint density at radius 3 is 2.65 bits per heavy atom. The first kappa shape index (κ1) is 19.1. The summed E-state index contributed by atoms with van der Waals surface area (Å²) in [5.74, 6) is 2.19. The van der Waals surface area contributed by atoms with Crippen LogP contribution in [0.2, 0.25) is 0 Å². The minimum absolute atomic E-state index is 0. The predicted molar refractivity (Wildman–Crippen MR) is 91.7 cm³/mol. The number of nitrogens with one attached hydrogen (secondary N) is 2. The van der Waals surface area contributed by atoms with Gasteiger partial charge >= 0.3 is 0 Å². The first-order valence-electron chi connectivity index (χ1n) is 7.07. The predicted octanol–water partition coefficient (Wildman–Crippen LogP) is 2.28. The van der Waals surface area contributed by atoms with E-state index in [2.05, 4.69) is 39.6 Å². The number of aliphatic imine (C=N–C) groups is 1. The molecular formula is C13H26IN5O. The summed E-state index contributed by atoms with van der Waals surface area (Å²) >= 11 is 0. The van der Waals surface area contributed by atoms with Crippen molar-refractivity contribution in [2.24, 2.45) is 4.99 Å². The largest absolute Gasteiger partial charge is 0.357 e. The molecule has 0 spiro atoms. The second-order valence-corrected chi connectivity index (χ2v) is 4.38. The molecule has 0 aliphatic carbocycles. The Kier molecular flexibility index (Phi) is 11.4. The van der Waals surface area contributed by atoms with Crippen molar-refractivity contribution in [1.29, 1.82) is 0 Å². The van der Waals surface area contributed by atoms with E-state index in [4.69, 9.17) is 4.52 Å². The molecule has 0 bridgehead atoms. The van der Waals surface area contributed by atoms with Gasteiger partial charge in [0, 0.05) is 26.1 Å². The summed E-state index contributed by atoms with van der Waals surface area (Å²) in [6.45, 7) is 8.53. The van der Waals surface area contributed by atoms with Gasteiger partial charge in [0.25, 0.3) is 0 Å². The number of hydrogen-bond donors (Lipinski definition) is 2. The molecule has 20 heavy (non-hydrogen) atoms. The molecule has 0 saturated heterocycles. The van der Waals surface area contributed by atoms with Crippen molar-refractivity contribution < 1.29 is 4.52 Å². The van der Waals surface area contributed by atoms with Crippen molar-refractivity contribution in [3.63, 3.8) is 0 Å². The fraction of sp³-hybridized carbons (Fsp3) is 0.769. The number of nitrogens with zero attached hydrogens (tertiary/aromatic N) is 3. The molecule has 1 aromatic rings. The molecule has 0 aromatic carbocycles. The summed E-state index contributed by atoms with van der Waals surface area (Å²) in [5.41, 5.74) is 0. The van der Waals surface area contributed by atoms with Crippen molar-refractivity contribution in [3.05, 3.63) is 11.7 Å². The molecule has 116 valence electrons. The molecule has 0 saturated carbocycles. The molecule has 7 heteroatoms. The van der Waals surface area contributed by atoms with Crippen LogP contribution in [-0.2, 0) is 6.42 Å². The molecule has 0 aliphatic rings. The van der Waals surface area contributed by atoms with Crippen molar-refractivity contribution in [2.75, 3.05) is 19.6 Å². The number of halogens is 1. The standard InChI is InChI=1S/C13H25N5O.HI/c1-4-6-7-9-15-13(14-5-2)16-10-8-12-17-11(3)18-19-12;/h4-10H2,1-3H3,(H2,14,15,16);1H. The third kappa shape index (κ3) is 8.34. The van der Waals surface area contributed by atoms with Crippen molar-refractivity contribution in [2.45, 2.75) is 46.5 Å². The van der Waals surface area contributed by atoms with Gasteiger partial charge in [-0.3, -0.25) is 4.99 Å². The Hall–Kier alpha value is -0.860. The molecule has 0 radical (unpaired) electrons. The normalized spacial score (nSPS) is 11.1. The van der Waals surface area contributed by atoms with Crippen LogP contribution < -0.4 is 10.6 Å². The Bertz CT molecular complexity index is 381. The van der Waals surface area contributed by atoms with E-state index in [1.165, 1.54) is 12.8 Å². The smallest absolute Gasteiger partial charge is 0.228 e. The van der Waals surface area contributed by atoms with Crippen LogP contribution in [0, 0.1) is 6.92 Å². The van der Waals surface area contributed by atoms with Gasteiger partial charge in [-0.2, -0.15) is 4.98 Å². The second-order valence-electron chi connectivity index (χ2n) is 4.38. The summed E-state index contributed by atoms with van der Waals surface area (Å²) in [6.07, 6.45) is 4.29. The molecule has 6 nitrogen and oxygen atoms in total. The molecule has 2 N–H and O–H groups in total. The second kappa shape index (κ2) is 11.9. The summed E-state index contributed by atoms with van der Waals surface area (Å²) in [7, 11) is 0. The van der Waals surface area contributed by atoms with E-state index in [0.717, 1.165) is 32.0 Å². The number of aromatic nitrogens is 2. The molecule has 1 aromatic heterocycles. The number of aryl methyl sites for hydroxylation is 1. The number of rotatable bonds is 8. The number of unbranched alkanes of at least 4 members (excludes halogenated alkanes) is 2. The maximum atomic E-state index is 5.06. The third-order valence-corrected chi connectivity index (χ3v) is 2.58. The Labute approximate surface area is 138 Å². The van der Waals surface area contributed by atoms with Gasteiger partial charge in [-0.25, -0.2) is 0 Å². The highest BCUT2D eigenvalue weighted by Gasteiger charge is 2.03. The molecule has 0 aliphatic heterocycles. The van der Waals surface area contributed by atoms with Gasteiger partial charge in [0.05, 0.1) is 0 Å². The highest BCUT2D eigenvalue weighted by Crippen LogP contribution is 1.96. The summed E-state index contributed by atoms with van der Waals surface area (Å²) in [4.78, 5) is 8.68. The van der Waals surface area contributed by atoms with E-state index in [1.807, 2.05) is 6.92 Å². The number of hydrogen-bond acceptors (Lipinski definition) is 4. The van der Waals surface area contributed by atoms with Crippen LogP contribution in [-0.4, -0.2) is 35.7 Å². The minimum Gasteiger partial charge on any atom is -0.357 e. The fourth-order valence-electron chi connectivity index (χ4n) is 1.62.